The molecule has 0 saturated carbocycles. The van der Waals surface area contributed by atoms with E-state index in [0.29, 0.717) is 13.2 Å². The molecule has 0 atom stereocenters. The number of nitrogens with zero attached hydrogens (tertiary/aromatic N) is 1. The average molecular weight is 274 g/mol. The first-order valence-corrected chi connectivity index (χ1v) is 7.57. The number of nitrogens with one attached hydrogen (secondary N) is 1. The van der Waals surface area contributed by atoms with E-state index < -0.39 is 0 Å². The fourth-order valence-electron chi connectivity index (χ4n) is 3.01. The molecule has 0 bridgehead atoms. The molecule has 20 heavy (non-hydrogen) atoms. The summed E-state index contributed by atoms with van der Waals surface area (Å²) in [5.74, 6) is 0.232. The minimum atomic E-state index is 0.0929. The summed E-state index contributed by atoms with van der Waals surface area (Å²) in [7, 11) is 0. The molecule has 108 valence electrons. The number of hydrogen-bond donors (Lipinski definition) is 1. The van der Waals surface area contributed by atoms with Crippen LogP contribution in [0.3, 0.4) is 0 Å². The van der Waals surface area contributed by atoms with E-state index in [1.807, 2.05) is 18.2 Å². The first kappa shape index (κ1) is 13.4. The summed E-state index contributed by atoms with van der Waals surface area (Å²) in [6, 6.07) is 8.13. The van der Waals surface area contributed by atoms with Crippen molar-refractivity contribution in [3.05, 3.63) is 24.3 Å². The molecule has 4 nitrogen and oxygen atoms in total. The number of carbonyl (C=O) groups is 1. The second-order valence-corrected chi connectivity index (χ2v) is 5.59. The maximum absolute atomic E-state index is 12.3. The Hall–Kier alpha value is -1.55. The van der Waals surface area contributed by atoms with Crippen LogP contribution in [0.2, 0.25) is 0 Å². The van der Waals surface area contributed by atoms with Crippen molar-refractivity contribution in [1.82, 2.24) is 0 Å². The van der Waals surface area contributed by atoms with Gasteiger partial charge in [-0.15, -0.1) is 0 Å². The smallest absolute Gasteiger partial charge is 0.227 e. The van der Waals surface area contributed by atoms with Gasteiger partial charge >= 0.3 is 0 Å². The summed E-state index contributed by atoms with van der Waals surface area (Å²) in [4.78, 5) is 14.7. The highest BCUT2D eigenvalue weighted by Gasteiger charge is 2.23. The Balaban J connectivity index is 1.71. The van der Waals surface area contributed by atoms with Gasteiger partial charge in [-0.3, -0.25) is 4.79 Å². The Labute approximate surface area is 120 Å². The zero-order valence-corrected chi connectivity index (χ0v) is 11.8. The van der Waals surface area contributed by atoms with E-state index in [-0.39, 0.29) is 11.8 Å². The Morgan fingerprint density at radius 3 is 2.60 bits per heavy atom. The Morgan fingerprint density at radius 2 is 1.85 bits per heavy atom. The fourth-order valence-corrected chi connectivity index (χ4v) is 3.01. The van der Waals surface area contributed by atoms with Gasteiger partial charge in [-0.25, -0.2) is 0 Å². The average Bonchev–Trinajstić information content (AvgIpc) is 3.03. The predicted molar refractivity (Wildman–Crippen MR) is 80.1 cm³/mol. The summed E-state index contributed by atoms with van der Waals surface area (Å²) >= 11 is 0. The van der Waals surface area contributed by atoms with Crippen molar-refractivity contribution in [3.8, 4) is 0 Å². The van der Waals surface area contributed by atoms with Gasteiger partial charge in [0.2, 0.25) is 5.91 Å². The van der Waals surface area contributed by atoms with Crippen LogP contribution in [0, 0.1) is 5.92 Å². The molecule has 1 N–H and O–H groups in total. The molecule has 3 rings (SSSR count). The van der Waals surface area contributed by atoms with Crippen molar-refractivity contribution in [2.45, 2.75) is 25.7 Å². The van der Waals surface area contributed by atoms with Gasteiger partial charge in [0.05, 0.1) is 11.4 Å². The normalized spacial score (nSPS) is 20.1. The first-order chi connectivity index (χ1) is 9.84. The van der Waals surface area contributed by atoms with Crippen molar-refractivity contribution < 1.29 is 9.53 Å². The lowest BCUT2D eigenvalue weighted by Crippen LogP contribution is -2.29. The maximum Gasteiger partial charge on any atom is 0.227 e. The van der Waals surface area contributed by atoms with Gasteiger partial charge in [0.1, 0.15) is 0 Å². The van der Waals surface area contributed by atoms with Crippen LogP contribution in [-0.4, -0.2) is 32.2 Å². The second kappa shape index (κ2) is 6.27. The van der Waals surface area contributed by atoms with E-state index in [4.69, 9.17) is 4.74 Å². The summed E-state index contributed by atoms with van der Waals surface area (Å²) < 4.78 is 5.32. The number of para-hydroxylation sites is 2. The van der Waals surface area contributed by atoms with Crippen LogP contribution in [0.5, 0.6) is 0 Å². The highest BCUT2D eigenvalue weighted by molar-refractivity contribution is 5.95. The Morgan fingerprint density at radius 1 is 1.15 bits per heavy atom. The molecule has 0 spiro atoms. The van der Waals surface area contributed by atoms with Crippen LogP contribution in [0.1, 0.15) is 25.7 Å². The molecule has 1 aromatic rings. The molecule has 4 heteroatoms. The number of amides is 1. The molecular formula is C16H22N2O2. The zero-order chi connectivity index (χ0) is 13.8. The van der Waals surface area contributed by atoms with Crippen molar-refractivity contribution in [3.63, 3.8) is 0 Å². The molecule has 2 aliphatic heterocycles. The molecule has 2 fully saturated rings. The van der Waals surface area contributed by atoms with Crippen LogP contribution >= 0.6 is 0 Å². The molecule has 1 aromatic carbocycles. The summed E-state index contributed by atoms with van der Waals surface area (Å²) in [5.41, 5.74) is 2.11. The van der Waals surface area contributed by atoms with Crippen molar-refractivity contribution in [1.29, 1.82) is 0 Å². The molecule has 0 radical (unpaired) electrons. The highest BCUT2D eigenvalue weighted by atomic mass is 16.5. The van der Waals surface area contributed by atoms with E-state index in [9.17, 15) is 4.79 Å². The van der Waals surface area contributed by atoms with Crippen LogP contribution in [0.4, 0.5) is 11.4 Å². The first-order valence-electron chi connectivity index (χ1n) is 7.57. The standard InChI is InChI=1S/C16H22N2O2/c19-16(13-7-11-20-12-8-13)17-14-5-1-2-6-15(14)18-9-3-4-10-18/h1-2,5-6,13H,3-4,7-12H2,(H,17,19). The van der Waals surface area contributed by atoms with Gasteiger partial charge in [-0.1, -0.05) is 12.1 Å². The molecule has 0 aromatic heterocycles. The van der Waals surface area contributed by atoms with E-state index in [1.54, 1.807) is 0 Å². The number of carbonyl (C=O) groups excluding carboxylic acids is 1. The van der Waals surface area contributed by atoms with Crippen LogP contribution in [0.25, 0.3) is 0 Å². The number of hydrogen-bond acceptors (Lipinski definition) is 3. The quantitative estimate of drug-likeness (QED) is 0.921. The van der Waals surface area contributed by atoms with Crippen LogP contribution < -0.4 is 10.2 Å². The van der Waals surface area contributed by atoms with E-state index in [0.717, 1.165) is 37.3 Å². The van der Waals surface area contributed by atoms with Crippen molar-refractivity contribution in [2.24, 2.45) is 5.92 Å². The summed E-state index contributed by atoms with van der Waals surface area (Å²) in [5, 5.41) is 3.12. The number of ether oxygens (including phenoxy) is 1. The summed E-state index contributed by atoms with van der Waals surface area (Å²) in [6.45, 7) is 3.58. The highest BCUT2D eigenvalue weighted by Crippen LogP contribution is 2.29. The van der Waals surface area contributed by atoms with Gasteiger partial charge in [0.25, 0.3) is 0 Å². The lowest BCUT2D eigenvalue weighted by molar-refractivity contribution is -0.122. The van der Waals surface area contributed by atoms with Crippen LogP contribution in [-0.2, 0) is 9.53 Å². The van der Waals surface area contributed by atoms with Crippen LogP contribution in [0.15, 0.2) is 24.3 Å². The minimum Gasteiger partial charge on any atom is -0.381 e. The molecule has 0 unspecified atom stereocenters. The molecular weight excluding hydrogens is 252 g/mol. The molecule has 2 heterocycles. The van der Waals surface area contributed by atoms with Crippen molar-refractivity contribution >= 4 is 17.3 Å². The topological polar surface area (TPSA) is 41.6 Å². The summed E-state index contributed by atoms with van der Waals surface area (Å²) in [6.07, 6.45) is 4.14. The van der Waals surface area contributed by atoms with Gasteiger partial charge < -0.3 is 15.0 Å². The fraction of sp³-hybridized carbons (Fsp3) is 0.562. The van der Waals surface area contributed by atoms with Gasteiger partial charge in [0.15, 0.2) is 0 Å². The van der Waals surface area contributed by atoms with Gasteiger partial charge in [-0.2, -0.15) is 0 Å². The molecule has 1 amide bonds. The lowest BCUT2D eigenvalue weighted by Gasteiger charge is -2.24. The Bertz CT molecular complexity index is 463. The Kier molecular flexibility index (Phi) is 4.21. The molecule has 0 aliphatic carbocycles. The maximum atomic E-state index is 12.3. The van der Waals surface area contributed by atoms with E-state index in [2.05, 4.69) is 16.3 Å². The third-order valence-corrected chi connectivity index (χ3v) is 4.20. The SMILES string of the molecule is O=C(Nc1ccccc1N1CCCC1)C1CCOCC1. The third-order valence-electron chi connectivity index (χ3n) is 4.20. The largest absolute Gasteiger partial charge is 0.381 e. The number of benzene rings is 1. The number of anilines is 2. The predicted octanol–water partition coefficient (Wildman–Crippen LogP) is 2.65. The van der Waals surface area contributed by atoms with E-state index in [1.165, 1.54) is 12.8 Å². The minimum absolute atomic E-state index is 0.0929. The lowest BCUT2D eigenvalue weighted by atomic mass is 9.99. The van der Waals surface area contributed by atoms with Crippen molar-refractivity contribution in [2.75, 3.05) is 36.5 Å². The molecule has 2 saturated heterocycles. The van der Waals surface area contributed by atoms with E-state index >= 15 is 0 Å². The zero-order valence-electron chi connectivity index (χ0n) is 11.8. The van der Waals surface area contributed by atoms with Gasteiger partial charge in [-0.05, 0) is 37.8 Å². The third kappa shape index (κ3) is 2.96. The monoisotopic (exact) mass is 274 g/mol. The molecule has 2 aliphatic rings. The second-order valence-electron chi connectivity index (χ2n) is 5.59. The van der Waals surface area contributed by atoms with Gasteiger partial charge in [0, 0.05) is 32.2 Å². The number of rotatable bonds is 3.